The second kappa shape index (κ2) is 10.6. The first-order valence-corrected chi connectivity index (χ1v) is 12.7. The second-order valence-electron chi connectivity index (χ2n) is 8.52. The second-order valence-corrected chi connectivity index (χ2v) is 9.92. The van der Waals surface area contributed by atoms with Crippen molar-refractivity contribution in [3.63, 3.8) is 0 Å². The topological polar surface area (TPSA) is 66.9 Å². The van der Waals surface area contributed by atoms with Crippen LogP contribution in [0, 0.1) is 0 Å². The highest BCUT2D eigenvalue weighted by Gasteiger charge is 2.37. The molecule has 3 aromatic carbocycles. The Bertz CT molecular complexity index is 1370. The maximum Gasteiger partial charge on any atom is 0.294 e. The van der Waals surface area contributed by atoms with Crippen molar-refractivity contribution in [2.75, 3.05) is 13.1 Å². The number of carbonyl (C=O) groups excluding carboxylic acids is 3. The number of halogens is 1. The molecule has 0 spiro atoms. The molecule has 0 saturated carbocycles. The van der Waals surface area contributed by atoms with Crippen molar-refractivity contribution in [1.82, 2.24) is 9.80 Å². The molecule has 3 aromatic rings. The smallest absolute Gasteiger partial charge is 0.294 e. The van der Waals surface area contributed by atoms with Gasteiger partial charge in [0.05, 0.1) is 4.91 Å². The average molecular weight is 519 g/mol. The predicted octanol–water partition coefficient (Wildman–Crippen LogP) is 5.54. The summed E-state index contributed by atoms with van der Waals surface area (Å²) < 4.78 is 5.97. The molecule has 0 bridgehead atoms. The van der Waals surface area contributed by atoms with Crippen LogP contribution in [0.5, 0.6) is 5.75 Å². The first-order chi connectivity index (χ1) is 17.5. The molecule has 182 valence electrons. The Morgan fingerprint density at radius 1 is 0.972 bits per heavy atom. The molecule has 1 fully saturated rings. The molecule has 3 amide bonds. The first kappa shape index (κ1) is 24.2. The number of nitrogens with zero attached hydrogens (tertiary/aromatic N) is 2. The number of fused-ring (bicyclic) bond motifs is 1. The van der Waals surface area contributed by atoms with Gasteiger partial charge in [-0.2, -0.15) is 0 Å². The fourth-order valence-electron chi connectivity index (χ4n) is 4.22. The third-order valence-corrected chi connectivity index (χ3v) is 7.47. The number of rotatable bonds is 6. The van der Waals surface area contributed by atoms with Crippen LogP contribution in [0.2, 0.25) is 5.02 Å². The van der Waals surface area contributed by atoms with Crippen molar-refractivity contribution >= 4 is 46.5 Å². The zero-order valence-corrected chi connectivity index (χ0v) is 20.9. The van der Waals surface area contributed by atoms with E-state index >= 15 is 0 Å². The highest BCUT2D eigenvalue weighted by molar-refractivity contribution is 8.18. The molecule has 1 saturated heterocycles. The molecule has 2 aliphatic rings. The van der Waals surface area contributed by atoms with E-state index in [0.29, 0.717) is 29.4 Å². The van der Waals surface area contributed by atoms with E-state index in [1.807, 2.05) is 54.6 Å². The minimum atomic E-state index is -0.475. The van der Waals surface area contributed by atoms with Crippen molar-refractivity contribution in [2.45, 2.75) is 19.6 Å². The normalized spacial score (nSPS) is 16.4. The third-order valence-electron chi connectivity index (χ3n) is 6.20. The number of para-hydroxylation sites is 1. The van der Waals surface area contributed by atoms with Crippen LogP contribution in [0.25, 0.3) is 6.08 Å². The number of imide groups is 1. The van der Waals surface area contributed by atoms with E-state index in [0.717, 1.165) is 34.2 Å². The highest BCUT2D eigenvalue weighted by atomic mass is 35.5. The molecular formula is C28H23ClN2O4S. The standard InChI is InChI=1S/C28H23ClN2O4S/c29-23-11-5-3-10-22(23)18-35-24-12-6-4-8-20(24)15-25-27(33)31(28(34)36-25)17-26(32)30-14-13-19-7-1-2-9-21(19)16-30/h1-12,15H,13-14,16-18H2/b25-15+. The van der Waals surface area contributed by atoms with E-state index in [2.05, 4.69) is 6.07 Å². The molecule has 8 heteroatoms. The summed E-state index contributed by atoms with van der Waals surface area (Å²) in [5, 5.41) is 0.157. The number of hydrogen-bond acceptors (Lipinski definition) is 5. The van der Waals surface area contributed by atoms with Gasteiger partial charge in [0.2, 0.25) is 5.91 Å². The Labute approximate surface area is 218 Å². The predicted molar refractivity (Wildman–Crippen MR) is 140 cm³/mol. The van der Waals surface area contributed by atoms with Crippen LogP contribution in [-0.4, -0.2) is 39.9 Å². The van der Waals surface area contributed by atoms with Crippen LogP contribution in [0.3, 0.4) is 0 Å². The highest BCUT2D eigenvalue weighted by Crippen LogP contribution is 2.34. The van der Waals surface area contributed by atoms with Gasteiger partial charge in [-0.3, -0.25) is 19.3 Å². The summed E-state index contributed by atoms with van der Waals surface area (Å²) in [6, 6.07) is 22.7. The number of ether oxygens (including phenoxy) is 1. The molecule has 36 heavy (non-hydrogen) atoms. The van der Waals surface area contributed by atoms with Crippen molar-refractivity contribution in [3.8, 4) is 5.75 Å². The zero-order valence-electron chi connectivity index (χ0n) is 19.4. The lowest BCUT2D eigenvalue weighted by molar-refractivity contribution is -0.136. The van der Waals surface area contributed by atoms with Crippen LogP contribution >= 0.6 is 23.4 Å². The summed E-state index contributed by atoms with van der Waals surface area (Å²) in [7, 11) is 0. The average Bonchev–Trinajstić information content (AvgIpc) is 3.16. The molecule has 6 nitrogen and oxygen atoms in total. The molecule has 2 aliphatic heterocycles. The zero-order chi connectivity index (χ0) is 25.1. The number of benzene rings is 3. The van der Waals surface area contributed by atoms with Crippen LogP contribution in [-0.2, 0) is 29.2 Å². The van der Waals surface area contributed by atoms with Gasteiger partial charge in [-0.15, -0.1) is 0 Å². The summed E-state index contributed by atoms with van der Waals surface area (Å²) in [5.74, 6) is -0.152. The van der Waals surface area contributed by atoms with Gasteiger partial charge in [-0.25, -0.2) is 0 Å². The van der Waals surface area contributed by atoms with Crippen molar-refractivity contribution in [2.24, 2.45) is 0 Å². The van der Waals surface area contributed by atoms with E-state index in [-0.39, 0.29) is 24.0 Å². The van der Waals surface area contributed by atoms with E-state index < -0.39 is 11.1 Å². The fraction of sp³-hybridized carbons (Fsp3) is 0.179. The maximum absolute atomic E-state index is 13.1. The van der Waals surface area contributed by atoms with Gasteiger partial charge in [-0.05, 0) is 47.5 Å². The molecule has 0 N–H and O–H groups in total. The van der Waals surface area contributed by atoms with Gasteiger partial charge < -0.3 is 9.64 Å². The van der Waals surface area contributed by atoms with Gasteiger partial charge in [0.1, 0.15) is 18.9 Å². The molecule has 5 rings (SSSR count). The summed E-state index contributed by atoms with van der Waals surface area (Å²) in [4.78, 5) is 41.6. The lowest BCUT2D eigenvalue weighted by Gasteiger charge is -2.29. The van der Waals surface area contributed by atoms with Crippen LogP contribution < -0.4 is 4.74 Å². The van der Waals surface area contributed by atoms with E-state index in [1.54, 1.807) is 23.1 Å². The summed E-state index contributed by atoms with van der Waals surface area (Å²) in [5.41, 5.74) is 3.83. The molecule has 0 aliphatic carbocycles. The van der Waals surface area contributed by atoms with Crippen LogP contribution in [0.1, 0.15) is 22.3 Å². The van der Waals surface area contributed by atoms with Crippen molar-refractivity contribution < 1.29 is 19.1 Å². The van der Waals surface area contributed by atoms with E-state index in [4.69, 9.17) is 16.3 Å². The Morgan fingerprint density at radius 3 is 2.53 bits per heavy atom. The Kier molecular flexibility index (Phi) is 7.11. The largest absolute Gasteiger partial charge is 0.488 e. The third kappa shape index (κ3) is 5.17. The molecule has 0 atom stereocenters. The Hall–Kier alpha value is -3.55. The molecule has 2 heterocycles. The molecule has 0 radical (unpaired) electrons. The monoisotopic (exact) mass is 518 g/mol. The van der Waals surface area contributed by atoms with Gasteiger partial charge in [0.25, 0.3) is 11.1 Å². The van der Waals surface area contributed by atoms with E-state index in [1.165, 1.54) is 5.56 Å². The number of carbonyl (C=O) groups is 3. The van der Waals surface area contributed by atoms with Gasteiger partial charge in [0.15, 0.2) is 0 Å². The van der Waals surface area contributed by atoms with Crippen molar-refractivity contribution in [3.05, 3.63) is 105 Å². The summed E-state index contributed by atoms with van der Waals surface area (Å²) in [6.45, 7) is 1.05. The number of thioether (sulfide) groups is 1. The Morgan fingerprint density at radius 2 is 1.69 bits per heavy atom. The number of hydrogen-bond donors (Lipinski definition) is 0. The van der Waals surface area contributed by atoms with Crippen molar-refractivity contribution in [1.29, 1.82) is 0 Å². The van der Waals surface area contributed by atoms with E-state index in [9.17, 15) is 14.4 Å². The fourth-order valence-corrected chi connectivity index (χ4v) is 5.24. The van der Waals surface area contributed by atoms with Gasteiger partial charge in [-0.1, -0.05) is 72.3 Å². The minimum absolute atomic E-state index is 0.239. The van der Waals surface area contributed by atoms with Gasteiger partial charge >= 0.3 is 0 Å². The number of amides is 3. The minimum Gasteiger partial charge on any atom is -0.488 e. The van der Waals surface area contributed by atoms with Crippen LogP contribution in [0.4, 0.5) is 4.79 Å². The SMILES string of the molecule is O=C(CN1C(=O)S/C(=C/c2ccccc2OCc2ccccc2Cl)C1=O)N1CCc2ccccc2C1. The summed E-state index contributed by atoms with van der Waals surface area (Å²) >= 11 is 7.06. The first-order valence-electron chi connectivity index (χ1n) is 11.5. The summed E-state index contributed by atoms with van der Waals surface area (Å²) in [6.07, 6.45) is 2.39. The molecule has 0 unspecified atom stereocenters. The molecule has 0 aromatic heterocycles. The van der Waals surface area contributed by atoms with Crippen LogP contribution in [0.15, 0.2) is 77.7 Å². The molecular weight excluding hydrogens is 496 g/mol. The van der Waals surface area contributed by atoms with Gasteiger partial charge in [0, 0.05) is 29.2 Å². The lowest BCUT2D eigenvalue weighted by Crippen LogP contribution is -2.44. The maximum atomic E-state index is 13.1. The Balaban J connectivity index is 1.27. The lowest BCUT2D eigenvalue weighted by atomic mass is 10.00. The quantitative estimate of drug-likeness (QED) is 0.401.